The van der Waals surface area contributed by atoms with Gasteiger partial charge in [0.2, 0.25) is 5.91 Å². The lowest BCUT2D eigenvalue weighted by Gasteiger charge is -2.01. The summed E-state index contributed by atoms with van der Waals surface area (Å²) in [6.07, 6.45) is 6.42. The molecular weight excluding hydrogens is 154 g/mol. The number of aliphatic imine (C=N–C) groups is 1. The van der Waals surface area contributed by atoms with Crippen LogP contribution < -0.4 is 0 Å². The molecule has 0 spiro atoms. The van der Waals surface area contributed by atoms with Gasteiger partial charge in [-0.1, -0.05) is 12.2 Å². The zero-order valence-electron chi connectivity index (χ0n) is 6.78. The summed E-state index contributed by atoms with van der Waals surface area (Å²) < 4.78 is 0. The van der Waals surface area contributed by atoms with Crippen molar-refractivity contribution < 1.29 is 9.59 Å². The molecule has 0 radical (unpaired) electrons. The molecular formula is C9H9NO2. The second-order valence-corrected chi connectivity index (χ2v) is 2.48. The van der Waals surface area contributed by atoms with Crippen LogP contribution in [0.15, 0.2) is 28.8 Å². The third kappa shape index (κ3) is 2.27. The molecule has 1 amide bonds. The van der Waals surface area contributed by atoms with Crippen molar-refractivity contribution in [3.63, 3.8) is 0 Å². The van der Waals surface area contributed by atoms with Crippen molar-refractivity contribution in [2.75, 3.05) is 0 Å². The van der Waals surface area contributed by atoms with E-state index in [2.05, 4.69) is 4.99 Å². The van der Waals surface area contributed by atoms with Crippen molar-refractivity contribution in [2.24, 2.45) is 4.99 Å². The van der Waals surface area contributed by atoms with Crippen LogP contribution in [0.4, 0.5) is 0 Å². The third-order valence-corrected chi connectivity index (χ3v) is 1.45. The highest BCUT2D eigenvalue weighted by Gasteiger charge is 2.01. The molecule has 0 heterocycles. The first-order valence-corrected chi connectivity index (χ1v) is 3.64. The Morgan fingerprint density at radius 3 is 2.75 bits per heavy atom. The second-order valence-electron chi connectivity index (χ2n) is 2.48. The summed E-state index contributed by atoms with van der Waals surface area (Å²) in [6, 6.07) is 0. The van der Waals surface area contributed by atoms with Gasteiger partial charge in [0, 0.05) is 24.6 Å². The van der Waals surface area contributed by atoms with Gasteiger partial charge in [0.1, 0.15) is 6.29 Å². The van der Waals surface area contributed by atoms with Crippen molar-refractivity contribution in [1.82, 2.24) is 0 Å². The van der Waals surface area contributed by atoms with Crippen molar-refractivity contribution in [3.05, 3.63) is 23.8 Å². The molecule has 0 N–H and O–H groups in total. The van der Waals surface area contributed by atoms with Crippen molar-refractivity contribution in [2.45, 2.75) is 13.3 Å². The number of rotatable bonds is 1. The molecule has 0 aliphatic heterocycles. The van der Waals surface area contributed by atoms with E-state index >= 15 is 0 Å². The summed E-state index contributed by atoms with van der Waals surface area (Å²) in [6.45, 7) is 1.40. The van der Waals surface area contributed by atoms with E-state index in [9.17, 15) is 9.59 Å². The molecule has 1 rings (SSSR count). The Bertz CT molecular complexity index is 298. The molecule has 0 atom stereocenters. The average Bonchev–Trinajstić information content (AvgIpc) is 2.05. The maximum Gasteiger partial charge on any atom is 0.242 e. The highest BCUT2D eigenvalue weighted by atomic mass is 16.1. The summed E-state index contributed by atoms with van der Waals surface area (Å²) >= 11 is 0. The highest BCUT2D eigenvalue weighted by Crippen LogP contribution is 2.05. The van der Waals surface area contributed by atoms with Crippen LogP contribution >= 0.6 is 0 Å². The Morgan fingerprint density at radius 1 is 1.58 bits per heavy atom. The van der Waals surface area contributed by atoms with Gasteiger partial charge in [0.05, 0.1) is 0 Å². The number of allylic oxidation sites excluding steroid dienone is 4. The topological polar surface area (TPSA) is 46.5 Å². The number of amides is 1. The molecule has 62 valence electrons. The smallest absolute Gasteiger partial charge is 0.242 e. The molecule has 0 aromatic rings. The fraction of sp³-hybridized carbons (Fsp3) is 0.222. The monoisotopic (exact) mass is 163 g/mol. The van der Waals surface area contributed by atoms with Gasteiger partial charge in [-0.2, -0.15) is 0 Å². The van der Waals surface area contributed by atoms with E-state index in [0.717, 1.165) is 6.29 Å². The fourth-order valence-corrected chi connectivity index (χ4v) is 0.923. The predicted molar refractivity (Wildman–Crippen MR) is 46.0 cm³/mol. The van der Waals surface area contributed by atoms with E-state index in [1.165, 1.54) is 6.92 Å². The van der Waals surface area contributed by atoms with Crippen LogP contribution in [-0.2, 0) is 9.59 Å². The maximum atomic E-state index is 10.6. The lowest BCUT2D eigenvalue weighted by Crippen LogP contribution is -2.01. The van der Waals surface area contributed by atoms with Gasteiger partial charge in [-0.15, -0.1) is 0 Å². The maximum absolute atomic E-state index is 10.6. The molecule has 3 heteroatoms. The molecule has 0 bridgehead atoms. The largest absolute Gasteiger partial charge is 0.298 e. The van der Waals surface area contributed by atoms with Crippen LogP contribution in [0.5, 0.6) is 0 Å². The molecule has 3 nitrogen and oxygen atoms in total. The molecule has 1 aliphatic rings. The quantitative estimate of drug-likeness (QED) is 0.542. The zero-order chi connectivity index (χ0) is 8.97. The van der Waals surface area contributed by atoms with Crippen molar-refractivity contribution in [1.29, 1.82) is 0 Å². The van der Waals surface area contributed by atoms with Crippen LogP contribution in [0.2, 0.25) is 0 Å². The first-order chi connectivity index (χ1) is 5.72. The third-order valence-electron chi connectivity index (χ3n) is 1.45. The zero-order valence-corrected chi connectivity index (χ0v) is 6.78. The Balaban J connectivity index is 2.71. The first-order valence-electron chi connectivity index (χ1n) is 3.64. The first kappa shape index (κ1) is 8.59. The molecule has 12 heavy (non-hydrogen) atoms. The molecule has 0 saturated heterocycles. The lowest BCUT2D eigenvalue weighted by atomic mass is 10.1. The lowest BCUT2D eigenvalue weighted by molar-refractivity contribution is -0.115. The molecule has 0 saturated carbocycles. The van der Waals surface area contributed by atoms with Gasteiger partial charge in [0.15, 0.2) is 0 Å². The van der Waals surface area contributed by atoms with E-state index in [0.29, 0.717) is 17.7 Å². The molecule has 0 aromatic heterocycles. The van der Waals surface area contributed by atoms with Gasteiger partial charge in [-0.25, -0.2) is 4.99 Å². The second kappa shape index (κ2) is 3.76. The number of carbonyl (C=O) groups is 2. The number of hydrogen-bond acceptors (Lipinski definition) is 2. The van der Waals surface area contributed by atoms with Gasteiger partial charge >= 0.3 is 0 Å². The fourth-order valence-electron chi connectivity index (χ4n) is 0.923. The average molecular weight is 163 g/mol. The summed E-state index contributed by atoms with van der Waals surface area (Å²) in [5.74, 6) is -0.211. The van der Waals surface area contributed by atoms with Crippen LogP contribution in [0, 0.1) is 0 Å². The predicted octanol–water partition coefficient (Wildman–Crippen LogP) is 1.06. The van der Waals surface area contributed by atoms with Crippen LogP contribution in [0.3, 0.4) is 0 Å². The van der Waals surface area contributed by atoms with Gasteiger partial charge in [-0.3, -0.25) is 9.59 Å². The summed E-state index contributed by atoms with van der Waals surface area (Å²) in [4.78, 5) is 24.5. The molecule has 0 aromatic carbocycles. The summed E-state index contributed by atoms with van der Waals surface area (Å²) in [7, 11) is 0. The molecule has 0 unspecified atom stereocenters. The molecule has 0 fully saturated rings. The van der Waals surface area contributed by atoms with Crippen molar-refractivity contribution >= 4 is 17.9 Å². The van der Waals surface area contributed by atoms with Gasteiger partial charge in [-0.05, 0) is 6.08 Å². The minimum atomic E-state index is -0.211. The summed E-state index contributed by atoms with van der Waals surface area (Å²) in [5.41, 5.74) is 1.34. The molecule has 1 aliphatic carbocycles. The van der Waals surface area contributed by atoms with Crippen molar-refractivity contribution in [3.8, 4) is 0 Å². The highest BCUT2D eigenvalue weighted by molar-refractivity contribution is 6.05. The Labute approximate surface area is 70.5 Å². The Morgan fingerprint density at radius 2 is 2.33 bits per heavy atom. The standard InChI is InChI=1S/C9H9NO2/c1-7(12)10-9-4-2-8(6-11)3-5-9/h2-4,6H,5H2,1H3. The van der Waals surface area contributed by atoms with E-state index in [1.54, 1.807) is 18.2 Å². The van der Waals surface area contributed by atoms with Gasteiger partial charge < -0.3 is 0 Å². The van der Waals surface area contributed by atoms with Crippen LogP contribution in [0.25, 0.3) is 0 Å². The van der Waals surface area contributed by atoms with Crippen LogP contribution in [0.1, 0.15) is 13.3 Å². The van der Waals surface area contributed by atoms with Gasteiger partial charge in [0.25, 0.3) is 0 Å². The minimum Gasteiger partial charge on any atom is -0.298 e. The van der Waals surface area contributed by atoms with E-state index in [-0.39, 0.29) is 5.91 Å². The number of nitrogens with zero attached hydrogens (tertiary/aromatic N) is 1. The van der Waals surface area contributed by atoms with Crippen LogP contribution in [-0.4, -0.2) is 17.9 Å². The van der Waals surface area contributed by atoms with E-state index in [1.807, 2.05) is 0 Å². The number of carbonyl (C=O) groups excluding carboxylic acids is 2. The van der Waals surface area contributed by atoms with E-state index in [4.69, 9.17) is 0 Å². The summed E-state index contributed by atoms with van der Waals surface area (Å²) in [5, 5.41) is 0. The normalized spacial score (nSPS) is 19.1. The Hall–Kier alpha value is -1.51. The SMILES string of the molecule is CC(=O)N=C1C=CC(C=O)=CC1. The number of aldehydes is 1. The Kier molecular flexibility index (Phi) is 2.69. The minimum absolute atomic E-state index is 0.211. The number of hydrogen-bond donors (Lipinski definition) is 0. The van der Waals surface area contributed by atoms with E-state index < -0.39 is 0 Å².